The molecule has 0 spiro atoms. The van der Waals surface area contributed by atoms with Gasteiger partial charge in [-0.05, 0) is 59.3 Å². The normalized spacial score (nSPS) is 21.1. The molecule has 1 saturated heterocycles. The van der Waals surface area contributed by atoms with E-state index >= 15 is 0 Å². The second-order valence-corrected chi connectivity index (χ2v) is 7.32. The van der Waals surface area contributed by atoms with Crippen molar-refractivity contribution in [2.75, 3.05) is 18.1 Å². The van der Waals surface area contributed by atoms with Gasteiger partial charge in [0.2, 0.25) is 0 Å². The Morgan fingerprint density at radius 2 is 2.47 bits per heavy atom. The average Bonchev–Trinajstić information content (AvgIpc) is 2.79. The molecule has 1 fully saturated rings. The minimum atomic E-state index is 0.902. The number of hydrogen-bond donors (Lipinski definition) is 1. The monoisotopic (exact) mass is 305 g/mol. The van der Waals surface area contributed by atoms with E-state index in [2.05, 4.69) is 46.0 Å². The van der Waals surface area contributed by atoms with Gasteiger partial charge in [0.1, 0.15) is 0 Å². The van der Waals surface area contributed by atoms with Crippen molar-refractivity contribution < 1.29 is 0 Å². The average molecular weight is 306 g/mol. The Kier molecular flexibility index (Phi) is 4.55. The van der Waals surface area contributed by atoms with E-state index in [0.717, 1.165) is 12.5 Å². The van der Waals surface area contributed by atoms with E-state index in [4.69, 9.17) is 0 Å². The Labute approximate surface area is 108 Å². The van der Waals surface area contributed by atoms with Crippen LogP contribution in [0.4, 0.5) is 0 Å². The molecular formula is C11H16BrNS2. The maximum Gasteiger partial charge on any atom is 0.0314 e. The maximum atomic E-state index is 3.56. The molecule has 1 aromatic rings. The molecule has 1 unspecified atom stereocenters. The smallest absolute Gasteiger partial charge is 0.0314 e. The molecule has 0 aromatic carbocycles. The van der Waals surface area contributed by atoms with Crippen LogP contribution in [0.1, 0.15) is 16.2 Å². The van der Waals surface area contributed by atoms with Crippen molar-refractivity contribution in [3.8, 4) is 0 Å². The van der Waals surface area contributed by atoms with Gasteiger partial charge in [0, 0.05) is 20.8 Å². The zero-order valence-electron chi connectivity index (χ0n) is 8.88. The van der Waals surface area contributed by atoms with Crippen LogP contribution in [0.3, 0.4) is 0 Å². The van der Waals surface area contributed by atoms with Gasteiger partial charge in [-0.15, -0.1) is 11.3 Å². The maximum absolute atomic E-state index is 3.56. The quantitative estimate of drug-likeness (QED) is 0.911. The molecule has 0 amide bonds. The molecule has 2 rings (SSSR count). The minimum absolute atomic E-state index is 0.902. The molecule has 15 heavy (non-hydrogen) atoms. The third-order valence-electron chi connectivity index (χ3n) is 2.66. The Morgan fingerprint density at radius 1 is 1.60 bits per heavy atom. The van der Waals surface area contributed by atoms with Gasteiger partial charge < -0.3 is 5.32 Å². The molecule has 1 N–H and O–H groups in total. The number of halogens is 1. The highest BCUT2D eigenvalue weighted by Crippen LogP contribution is 2.26. The number of thioether (sulfide) groups is 1. The van der Waals surface area contributed by atoms with Crippen molar-refractivity contribution in [3.63, 3.8) is 0 Å². The Balaban J connectivity index is 1.73. The zero-order chi connectivity index (χ0) is 10.7. The van der Waals surface area contributed by atoms with Crippen molar-refractivity contribution in [1.29, 1.82) is 0 Å². The van der Waals surface area contributed by atoms with E-state index < -0.39 is 0 Å². The third-order valence-corrected chi connectivity index (χ3v) is 6.03. The first kappa shape index (κ1) is 12.0. The lowest BCUT2D eigenvalue weighted by molar-refractivity contribution is 0.525. The summed E-state index contributed by atoms with van der Waals surface area (Å²) in [5, 5.41) is 3.56. The summed E-state index contributed by atoms with van der Waals surface area (Å²) >= 11 is 7.53. The van der Waals surface area contributed by atoms with Crippen LogP contribution in [-0.4, -0.2) is 18.1 Å². The molecule has 84 valence electrons. The first-order valence-electron chi connectivity index (χ1n) is 5.29. The summed E-state index contributed by atoms with van der Waals surface area (Å²) in [6, 6.07) is 2.23. The Bertz CT molecular complexity index is 299. The molecule has 4 heteroatoms. The van der Waals surface area contributed by atoms with Crippen LogP contribution < -0.4 is 5.32 Å². The van der Waals surface area contributed by atoms with Crippen molar-refractivity contribution in [3.05, 3.63) is 20.3 Å². The lowest BCUT2D eigenvalue weighted by Crippen LogP contribution is -2.21. The van der Waals surface area contributed by atoms with Crippen LogP contribution in [0.5, 0.6) is 0 Å². The Morgan fingerprint density at radius 3 is 3.07 bits per heavy atom. The van der Waals surface area contributed by atoms with Gasteiger partial charge in [-0.1, -0.05) is 0 Å². The predicted molar refractivity (Wildman–Crippen MR) is 73.9 cm³/mol. The summed E-state index contributed by atoms with van der Waals surface area (Å²) in [7, 11) is 0. The van der Waals surface area contributed by atoms with Crippen LogP contribution >= 0.6 is 39.0 Å². The van der Waals surface area contributed by atoms with Gasteiger partial charge in [-0.3, -0.25) is 0 Å². The molecule has 1 aliphatic rings. The van der Waals surface area contributed by atoms with E-state index in [0.29, 0.717) is 0 Å². The molecule has 2 heterocycles. The standard InChI is InChI=1S/C11H16BrNS2/c1-8-11(12)4-10(15-8)6-13-5-9-2-3-14-7-9/h4,9,13H,2-3,5-7H2,1H3. The van der Waals surface area contributed by atoms with Crippen LogP contribution in [0, 0.1) is 12.8 Å². The van der Waals surface area contributed by atoms with E-state index in [1.807, 2.05) is 11.3 Å². The highest BCUT2D eigenvalue weighted by molar-refractivity contribution is 9.10. The second kappa shape index (κ2) is 5.71. The number of thiophene rings is 1. The largest absolute Gasteiger partial charge is 0.312 e. The van der Waals surface area contributed by atoms with E-state index in [1.165, 1.54) is 38.7 Å². The molecule has 1 nitrogen and oxygen atoms in total. The lowest BCUT2D eigenvalue weighted by atomic mass is 10.1. The van der Waals surface area contributed by atoms with Crippen LogP contribution in [0.25, 0.3) is 0 Å². The van der Waals surface area contributed by atoms with Crippen molar-refractivity contribution >= 4 is 39.0 Å². The van der Waals surface area contributed by atoms with E-state index in [-0.39, 0.29) is 0 Å². The van der Waals surface area contributed by atoms with Crippen LogP contribution in [-0.2, 0) is 6.54 Å². The molecule has 1 atom stereocenters. The van der Waals surface area contributed by atoms with Gasteiger partial charge in [0.25, 0.3) is 0 Å². The second-order valence-electron chi connectivity index (χ2n) is 3.98. The first-order valence-corrected chi connectivity index (χ1v) is 8.05. The molecule has 1 aromatic heterocycles. The summed E-state index contributed by atoms with van der Waals surface area (Å²) in [5.74, 6) is 3.61. The number of rotatable bonds is 4. The summed E-state index contributed by atoms with van der Waals surface area (Å²) in [5.41, 5.74) is 0. The van der Waals surface area contributed by atoms with Crippen LogP contribution in [0.15, 0.2) is 10.5 Å². The minimum Gasteiger partial charge on any atom is -0.312 e. The zero-order valence-corrected chi connectivity index (χ0v) is 12.1. The summed E-state index contributed by atoms with van der Waals surface area (Å²) in [6.07, 6.45) is 1.39. The summed E-state index contributed by atoms with van der Waals surface area (Å²) < 4.78 is 1.25. The molecule has 0 radical (unpaired) electrons. The van der Waals surface area contributed by atoms with Gasteiger partial charge in [-0.2, -0.15) is 11.8 Å². The number of nitrogens with one attached hydrogen (secondary N) is 1. The van der Waals surface area contributed by atoms with Gasteiger partial charge >= 0.3 is 0 Å². The lowest BCUT2D eigenvalue weighted by Gasteiger charge is -2.08. The fourth-order valence-electron chi connectivity index (χ4n) is 1.75. The third kappa shape index (κ3) is 3.48. The first-order chi connectivity index (χ1) is 7.25. The summed E-state index contributed by atoms with van der Waals surface area (Å²) in [6.45, 7) is 4.37. The number of aryl methyl sites for hydroxylation is 1. The van der Waals surface area contributed by atoms with Gasteiger partial charge in [0.05, 0.1) is 0 Å². The summed E-state index contributed by atoms with van der Waals surface area (Å²) in [4.78, 5) is 2.81. The van der Waals surface area contributed by atoms with Crippen molar-refractivity contribution in [2.24, 2.45) is 5.92 Å². The topological polar surface area (TPSA) is 12.0 Å². The van der Waals surface area contributed by atoms with Crippen molar-refractivity contribution in [2.45, 2.75) is 19.9 Å². The fraction of sp³-hybridized carbons (Fsp3) is 0.636. The number of hydrogen-bond acceptors (Lipinski definition) is 3. The molecule has 0 saturated carbocycles. The van der Waals surface area contributed by atoms with E-state index in [9.17, 15) is 0 Å². The van der Waals surface area contributed by atoms with Crippen molar-refractivity contribution in [1.82, 2.24) is 5.32 Å². The Hall–Kier alpha value is 0.490. The highest BCUT2D eigenvalue weighted by atomic mass is 79.9. The van der Waals surface area contributed by atoms with Gasteiger partial charge in [-0.25, -0.2) is 0 Å². The van der Waals surface area contributed by atoms with E-state index in [1.54, 1.807) is 0 Å². The van der Waals surface area contributed by atoms with Crippen LogP contribution in [0.2, 0.25) is 0 Å². The fourth-order valence-corrected chi connectivity index (χ4v) is 4.60. The predicted octanol–water partition coefficient (Wildman–Crippen LogP) is 3.66. The molecule has 0 aliphatic carbocycles. The SMILES string of the molecule is Cc1sc(CNCC2CCSC2)cc1Br. The molecule has 1 aliphatic heterocycles. The molecular weight excluding hydrogens is 290 g/mol. The van der Waals surface area contributed by atoms with Gasteiger partial charge in [0.15, 0.2) is 0 Å². The highest BCUT2D eigenvalue weighted by Gasteiger charge is 2.14. The molecule has 0 bridgehead atoms.